The molecule has 1 atom stereocenters. The third-order valence-electron chi connectivity index (χ3n) is 6.06. The minimum Gasteiger partial charge on any atom is -0.444 e. The van der Waals surface area contributed by atoms with E-state index in [1.54, 1.807) is 33.0 Å². The summed E-state index contributed by atoms with van der Waals surface area (Å²) in [5.41, 5.74) is 4.70. The van der Waals surface area contributed by atoms with Crippen LogP contribution in [0.1, 0.15) is 56.8 Å². The van der Waals surface area contributed by atoms with Crippen molar-refractivity contribution in [3.8, 4) is 0 Å². The van der Waals surface area contributed by atoms with Crippen molar-refractivity contribution in [1.82, 2.24) is 19.9 Å². The zero-order valence-corrected chi connectivity index (χ0v) is 20.0. The number of nitrogens with two attached hydrogens (primary N) is 1. The van der Waals surface area contributed by atoms with Gasteiger partial charge in [-0.15, -0.1) is 11.3 Å². The molecular weight excluding hydrogens is 456 g/mol. The van der Waals surface area contributed by atoms with Gasteiger partial charge in [-0.1, -0.05) is 0 Å². The summed E-state index contributed by atoms with van der Waals surface area (Å²) in [6, 6.07) is 3.11. The molecule has 11 heteroatoms. The highest BCUT2D eigenvalue weighted by molar-refractivity contribution is 7.19. The average Bonchev–Trinajstić information content (AvgIpc) is 3.28. The third-order valence-corrected chi connectivity index (χ3v) is 7.16. The number of nitrogens with one attached hydrogen (secondary N) is 2. The van der Waals surface area contributed by atoms with Gasteiger partial charge in [0.25, 0.3) is 5.56 Å². The molecule has 0 bridgehead atoms. The molecule has 3 aromatic rings. The van der Waals surface area contributed by atoms with Crippen molar-refractivity contribution in [3.05, 3.63) is 45.6 Å². The van der Waals surface area contributed by atoms with Crippen LogP contribution in [0, 0.1) is 0 Å². The van der Waals surface area contributed by atoms with Gasteiger partial charge in [-0.05, 0) is 52.2 Å². The number of carbonyl (C=O) groups excluding carboxylic acids is 2. The third kappa shape index (κ3) is 4.11. The van der Waals surface area contributed by atoms with Gasteiger partial charge in [-0.2, -0.15) is 0 Å². The minimum absolute atomic E-state index is 0.0482. The van der Waals surface area contributed by atoms with Crippen LogP contribution in [0.15, 0.2) is 29.3 Å². The first-order valence-corrected chi connectivity index (χ1v) is 11.9. The molecule has 1 saturated carbocycles. The summed E-state index contributed by atoms with van der Waals surface area (Å²) in [6.07, 6.45) is 4.92. The Labute approximate surface area is 199 Å². The molecule has 2 amide bonds. The first-order valence-electron chi connectivity index (χ1n) is 11.1. The van der Waals surface area contributed by atoms with Crippen molar-refractivity contribution in [2.75, 3.05) is 11.1 Å². The maximum Gasteiger partial charge on any atom is 0.413 e. The molecule has 4 N–H and O–H groups in total. The van der Waals surface area contributed by atoms with Crippen LogP contribution in [0.2, 0.25) is 0 Å². The van der Waals surface area contributed by atoms with E-state index in [1.807, 2.05) is 6.07 Å². The topological polar surface area (TPSA) is 141 Å². The van der Waals surface area contributed by atoms with Gasteiger partial charge in [0.15, 0.2) is 0 Å². The van der Waals surface area contributed by atoms with E-state index in [4.69, 9.17) is 10.5 Å². The Kier molecular flexibility index (Phi) is 5.12. The Balaban J connectivity index is 1.28. The summed E-state index contributed by atoms with van der Waals surface area (Å²) in [5, 5.41) is 6.50. The van der Waals surface area contributed by atoms with Crippen LogP contribution in [0.3, 0.4) is 0 Å². The van der Waals surface area contributed by atoms with Crippen LogP contribution >= 0.6 is 11.3 Å². The Morgan fingerprint density at radius 1 is 1.26 bits per heavy atom. The highest BCUT2D eigenvalue weighted by Gasteiger charge is 2.56. The highest BCUT2D eigenvalue weighted by atomic mass is 32.1. The van der Waals surface area contributed by atoms with Crippen LogP contribution in [-0.4, -0.2) is 32.1 Å². The number of thiophene rings is 1. The summed E-state index contributed by atoms with van der Waals surface area (Å²) in [5.74, 6) is 0.841. The van der Waals surface area contributed by atoms with Gasteiger partial charge < -0.3 is 15.8 Å². The lowest BCUT2D eigenvalue weighted by molar-refractivity contribution is -0.124. The molecular formula is C23H26N6O4S. The number of fused-ring (bicyclic) bond motifs is 3. The number of carbonyl (C=O) groups is 2. The Morgan fingerprint density at radius 3 is 2.74 bits per heavy atom. The van der Waals surface area contributed by atoms with Crippen molar-refractivity contribution in [2.45, 2.75) is 63.6 Å². The average molecular weight is 483 g/mol. The first-order chi connectivity index (χ1) is 16.0. The van der Waals surface area contributed by atoms with E-state index in [0.717, 1.165) is 27.8 Å². The number of nitrogens with zero attached hydrogens (tertiary/aromatic N) is 3. The van der Waals surface area contributed by atoms with Crippen LogP contribution in [0.4, 0.5) is 16.3 Å². The lowest BCUT2D eigenvalue weighted by Gasteiger charge is -2.19. The quantitative estimate of drug-likeness (QED) is 0.519. The molecule has 1 aliphatic carbocycles. The summed E-state index contributed by atoms with van der Waals surface area (Å²) in [4.78, 5) is 47.3. The Bertz CT molecular complexity index is 1370. The summed E-state index contributed by atoms with van der Waals surface area (Å²) < 4.78 is 7.65. The van der Waals surface area contributed by atoms with E-state index in [9.17, 15) is 14.4 Å². The van der Waals surface area contributed by atoms with Crippen molar-refractivity contribution < 1.29 is 14.3 Å². The number of hydrogen-bond donors (Lipinski definition) is 3. The molecule has 10 nitrogen and oxygen atoms in total. The summed E-state index contributed by atoms with van der Waals surface area (Å²) in [6.45, 7) is 5.69. The van der Waals surface area contributed by atoms with E-state index in [-0.39, 0.29) is 22.6 Å². The summed E-state index contributed by atoms with van der Waals surface area (Å²) in [7, 11) is 0. The predicted molar refractivity (Wildman–Crippen MR) is 129 cm³/mol. The molecule has 0 aromatic carbocycles. The second-order valence-electron chi connectivity index (χ2n) is 9.88. The lowest BCUT2D eigenvalue weighted by atomic mass is 10.0. The van der Waals surface area contributed by atoms with Gasteiger partial charge in [0, 0.05) is 26.6 Å². The maximum absolute atomic E-state index is 13.1. The number of aromatic nitrogens is 3. The standard InChI is InChI=1S/C23H26N6O4S/c1-22(2,3)33-21(32)28-17-7-16-12(9-25-17)6-13(34-16)10-26-18(30)15-8-23(4-5-23)20-27-11-14(24)19(31)29(15)20/h6-7,9,11,15H,4-5,8,10,24H2,1-3H3,(H,26,30)(H,25,28,32)/t15-/m0/s1. The van der Waals surface area contributed by atoms with Crippen LogP contribution in [-0.2, 0) is 21.5 Å². The van der Waals surface area contributed by atoms with Crippen molar-refractivity contribution in [1.29, 1.82) is 0 Å². The largest absolute Gasteiger partial charge is 0.444 e. The minimum atomic E-state index is -0.610. The van der Waals surface area contributed by atoms with Gasteiger partial charge in [0.1, 0.15) is 29.0 Å². The van der Waals surface area contributed by atoms with Crippen LogP contribution in [0.25, 0.3) is 10.1 Å². The van der Waals surface area contributed by atoms with Gasteiger partial charge in [0.05, 0.1) is 12.7 Å². The molecule has 1 spiro atoms. The van der Waals surface area contributed by atoms with E-state index < -0.39 is 17.7 Å². The second kappa shape index (κ2) is 7.79. The fourth-order valence-electron chi connectivity index (χ4n) is 4.35. The fraction of sp³-hybridized carbons (Fsp3) is 0.435. The van der Waals surface area contributed by atoms with Gasteiger partial charge in [-0.25, -0.2) is 14.8 Å². The van der Waals surface area contributed by atoms with Gasteiger partial charge in [0.2, 0.25) is 5.91 Å². The molecule has 1 aliphatic heterocycles. The van der Waals surface area contributed by atoms with Crippen LogP contribution in [0.5, 0.6) is 0 Å². The zero-order valence-electron chi connectivity index (χ0n) is 19.2. The van der Waals surface area contributed by atoms with Gasteiger partial charge >= 0.3 is 6.09 Å². The number of rotatable bonds is 4. The molecule has 178 valence electrons. The van der Waals surface area contributed by atoms with E-state index in [1.165, 1.54) is 22.1 Å². The van der Waals surface area contributed by atoms with Gasteiger partial charge in [-0.3, -0.25) is 19.5 Å². The normalized spacial score (nSPS) is 18.0. The zero-order chi connectivity index (χ0) is 24.3. The number of ether oxygens (including phenoxy) is 1. The smallest absolute Gasteiger partial charge is 0.413 e. The Hall–Kier alpha value is -3.47. The molecule has 2 aliphatic rings. The molecule has 34 heavy (non-hydrogen) atoms. The fourth-order valence-corrected chi connectivity index (χ4v) is 5.36. The molecule has 0 saturated heterocycles. The number of hydrogen-bond acceptors (Lipinski definition) is 8. The number of nitrogen functional groups attached to an aromatic ring is 1. The SMILES string of the molecule is CC(C)(C)OC(=O)Nc1cc2sc(CNC(=O)[C@@H]3CC4(CC4)c4ncc(N)c(=O)n43)cc2cn1. The van der Waals surface area contributed by atoms with Crippen LogP contribution < -0.4 is 21.9 Å². The van der Waals surface area contributed by atoms with Crippen molar-refractivity contribution in [3.63, 3.8) is 0 Å². The second-order valence-corrected chi connectivity index (χ2v) is 11.0. The van der Waals surface area contributed by atoms with Crippen molar-refractivity contribution >= 4 is 44.9 Å². The number of anilines is 2. The predicted octanol–water partition coefficient (Wildman–Crippen LogP) is 3.08. The molecule has 3 aromatic heterocycles. The highest BCUT2D eigenvalue weighted by Crippen LogP contribution is 2.56. The van der Waals surface area contributed by atoms with E-state index >= 15 is 0 Å². The summed E-state index contributed by atoms with van der Waals surface area (Å²) >= 11 is 1.49. The Morgan fingerprint density at radius 2 is 2.03 bits per heavy atom. The molecule has 1 fully saturated rings. The molecule has 0 unspecified atom stereocenters. The number of amides is 2. The van der Waals surface area contributed by atoms with E-state index in [2.05, 4.69) is 20.6 Å². The molecule has 4 heterocycles. The van der Waals surface area contributed by atoms with E-state index in [0.29, 0.717) is 24.6 Å². The molecule has 5 rings (SSSR count). The maximum atomic E-state index is 13.1. The monoisotopic (exact) mass is 482 g/mol. The molecule has 0 radical (unpaired) electrons. The lowest BCUT2D eigenvalue weighted by Crippen LogP contribution is -2.36. The van der Waals surface area contributed by atoms with Crippen molar-refractivity contribution in [2.24, 2.45) is 0 Å². The first kappa shape index (κ1) is 22.3. The number of pyridine rings is 1.